The van der Waals surface area contributed by atoms with E-state index in [-0.39, 0.29) is 20.1 Å². The molecule has 3 rings (SSSR count). The van der Waals surface area contributed by atoms with Crippen LogP contribution in [0.1, 0.15) is 10.4 Å². The fourth-order valence-corrected chi connectivity index (χ4v) is 4.23. The van der Waals surface area contributed by atoms with Crippen LogP contribution in [0.2, 0.25) is 5.02 Å². The molecule has 1 amide bonds. The van der Waals surface area contributed by atoms with Crippen molar-refractivity contribution in [1.29, 1.82) is 0 Å². The maximum Gasteiger partial charge on any atom is 0.291 e. The summed E-state index contributed by atoms with van der Waals surface area (Å²) < 4.78 is 32.0. The third-order valence-corrected chi connectivity index (χ3v) is 6.21. The summed E-state index contributed by atoms with van der Waals surface area (Å²) in [6, 6.07) is 12.9. The number of benzene rings is 2. The first kappa shape index (κ1) is 19.1. The molecule has 0 saturated heterocycles. The van der Waals surface area contributed by atoms with E-state index in [4.69, 9.17) is 16.3 Å². The topological polar surface area (TPSA) is 110 Å². The van der Waals surface area contributed by atoms with Crippen LogP contribution in [-0.4, -0.2) is 31.6 Å². The molecule has 2 aromatic carbocycles. The van der Waals surface area contributed by atoms with Crippen molar-refractivity contribution in [2.24, 2.45) is 0 Å². The third kappa shape index (κ3) is 4.54. The number of nitrogens with one attached hydrogen (secondary N) is 2. The summed E-state index contributed by atoms with van der Waals surface area (Å²) in [7, 11) is -2.49. The molecule has 0 aliphatic rings. The fraction of sp³-hybridized carbons (Fsp3) is 0.0625. The number of ether oxygens (including phenoxy) is 1. The lowest BCUT2D eigenvalue weighted by atomic mass is 10.2. The lowest BCUT2D eigenvalue weighted by Gasteiger charge is -2.06. The van der Waals surface area contributed by atoms with E-state index in [1.54, 1.807) is 42.5 Å². The minimum atomic E-state index is -3.96. The van der Waals surface area contributed by atoms with Crippen molar-refractivity contribution in [3.8, 4) is 5.75 Å². The third-order valence-electron chi connectivity index (χ3n) is 3.30. The smallest absolute Gasteiger partial charge is 0.291 e. The van der Waals surface area contributed by atoms with Gasteiger partial charge in [-0.2, -0.15) is 8.42 Å². The van der Waals surface area contributed by atoms with E-state index in [1.807, 2.05) is 0 Å². The average molecular weight is 425 g/mol. The Morgan fingerprint density at radius 2 is 1.93 bits per heavy atom. The normalized spacial score (nSPS) is 11.0. The van der Waals surface area contributed by atoms with Gasteiger partial charge in [0, 0.05) is 6.07 Å². The second-order valence-corrected chi connectivity index (χ2v) is 8.39. The van der Waals surface area contributed by atoms with Gasteiger partial charge in [0.05, 0.1) is 23.4 Å². The van der Waals surface area contributed by atoms with Gasteiger partial charge in [0.25, 0.3) is 20.3 Å². The van der Waals surface area contributed by atoms with Gasteiger partial charge in [-0.1, -0.05) is 41.1 Å². The summed E-state index contributed by atoms with van der Waals surface area (Å²) >= 11 is 6.69. The van der Waals surface area contributed by atoms with Crippen LogP contribution in [0.4, 0.5) is 10.8 Å². The fourth-order valence-electron chi connectivity index (χ4n) is 2.06. The first-order valence-electron chi connectivity index (χ1n) is 7.45. The highest BCUT2D eigenvalue weighted by Crippen LogP contribution is 2.25. The predicted octanol–water partition coefficient (Wildman–Crippen LogP) is 3.25. The molecule has 0 aliphatic carbocycles. The highest BCUT2D eigenvalue weighted by atomic mass is 35.5. The van der Waals surface area contributed by atoms with E-state index >= 15 is 0 Å². The second-order valence-electron chi connectivity index (χ2n) is 5.14. The maximum atomic E-state index is 12.4. The van der Waals surface area contributed by atoms with E-state index in [9.17, 15) is 13.2 Å². The molecule has 0 spiro atoms. The van der Waals surface area contributed by atoms with Crippen molar-refractivity contribution in [2.75, 3.05) is 17.1 Å². The Labute approximate surface area is 164 Å². The predicted molar refractivity (Wildman–Crippen MR) is 103 cm³/mol. The summed E-state index contributed by atoms with van der Waals surface area (Å²) in [5, 5.41) is 10.1. The summed E-state index contributed by atoms with van der Waals surface area (Å²) in [5.74, 6) is -0.0124. The Balaban J connectivity index is 1.76. The van der Waals surface area contributed by atoms with Crippen LogP contribution in [0.15, 0.2) is 52.9 Å². The van der Waals surface area contributed by atoms with Crippen molar-refractivity contribution in [3.63, 3.8) is 0 Å². The molecule has 0 radical (unpaired) electrons. The first-order valence-corrected chi connectivity index (χ1v) is 10.1. The summed E-state index contributed by atoms with van der Waals surface area (Å²) in [4.78, 5) is 12.2. The number of carbonyl (C=O) groups excluding carboxylic acids is 1. The number of rotatable bonds is 6. The van der Waals surface area contributed by atoms with Crippen LogP contribution in [0.3, 0.4) is 0 Å². The molecule has 0 unspecified atom stereocenters. The number of methoxy groups -OCH3 is 1. The number of halogens is 1. The number of hydrogen-bond acceptors (Lipinski definition) is 7. The lowest BCUT2D eigenvalue weighted by Crippen LogP contribution is -2.12. The number of hydrogen-bond donors (Lipinski definition) is 2. The van der Waals surface area contributed by atoms with Gasteiger partial charge in [-0.05, 0) is 24.3 Å². The monoisotopic (exact) mass is 424 g/mol. The van der Waals surface area contributed by atoms with Crippen molar-refractivity contribution >= 4 is 49.7 Å². The zero-order chi connectivity index (χ0) is 19.4. The van der Waals surface area contributed by atoms with Crippen LogP contribution in [0.5, 0.6) is 5.75 Å². The molecule has 140 valence electrons. The summed E-state index contributed by atoms with van der Waals surface area (Å²) in [6.45, 7) is 0. The van der Waals surface area contributed by atoms with Gasteiger partial charge in [-0.3, -0.25) is 14.8 Å². The molecule has 2 N–H and O–H groups in total. The van der Waals surface area contributed by atoms with Gasteiger partial charge >= 0.3 is 0 Å². The van der Waals surface area contributed by atoms with Gasteiger partial charge in [-0.15, -0.1) is 10.2 Å². The SMILES string of the molecule is COc1cccc(NS(=O)(=O)c2nnc(NC(=O)c3ccccc3Cl)s2)c1. The molecule has 0 atom stereocenters. The minimum absolute atomic E-state index is 0.0333. The van der Waals surface area contributed by atoms with Crippen LogP contribution < -0.4 is 14.8 Å². The summed E-state index contributed by atoms with van der Waals surface area (Å²) in [5.41, 5.74) is 0.555. The van der Waals surface area contributed by atoms with Crippen LogP contribution in [0, 0.1) is 0 Å². The molecule has 27 heavy (non-hydrogen) atoms. The number of carbonyl (C=O) groups is 1. The quantitative estimate of drug-likeness (QED) is 0.587. The summed E-state index contributed by atoms with van der Waals surface area (Å²) in [6.07, 6.45) is 0. The van der Waals surface area contributed by atoms with Crippen molar-refractivity contribution in [3.05, 3.63) is 59.1 Å². The van der Waals surface area contributed by atoms with Gasteiger partial charge in [0.15, 0.2) is 0 Å². The number of aromatic nitrogens is 2. The van der Waals surface area contributed by atoms with E-state index in [1.165, 1.54) is 13.2 Å². The average Bonchev–Trinajstić information content (AvgIpc) is 3.11. The van der Waals surface area contributed by atoms with Crippen LogP contribution in [0.25, 0.3) is 0 Å². The van der Waals surface area contributed by atoms with Crippen molar-refractivity contribution in [1.82, 2.24) is 10.2 Å². The highest BCUT2D eigenvalue weighted by Gasteiger charge is 2.22. The highest BCUT2D eigenvalue weighted by molar-refractivity contribution is 7.94. The van der Waals surface area contributed by atoms with E-state index in [0.29, 0.717) is 11.4 Å². The van der Waals surface area contributed by atoms with Gasteiger partial charge in [-0.25, -0.2) is 0 Å². The number of sulfonamides is 1. The minimum Gasteiger partial charge on any atom is -0.497 e. The van der Waals surface area contributed by atoms with Crippen LogP contribution in [-0.2, 0) is 10.0 Å². The Hall–Kier alpha value is -2.69. The molecular weight excluding hydrogens is 412 g/mol. The largest absolute Gasteiger partial charge is 0.497 e. The molecule has 11 heteroatoms. The van der Waals surface area contributed by atoms with E-state index in [2.05, 4.69) is 20.2 Å². The Morgan fingerprint density at radius 3 is 2.67 bits per heavy atom. The molecule has 0 saturated carbocycles. The van der Waals surface area contributed by atoms with E-state index in [0.717, 1.165) is 11.3 Å². The van der Waals surface area contributed by atoms with Crippen molar-refractivity contribution in [2.45, 2.75) is 4.34 Å². The van der Waals surface area contributed by atoms with Gasteiger partial charge in [0.2, 0.25) is 5.13 Å². The first-order chi connectivity index (χ1) is 12.9. The van der Waals surface area contributed by atoms with Crippen molar-refractivity contribution < 1.29 is 17.9 Å². The Morgan fingerprint density at radius 1 is 1.15 bits per heavy atom. The maximum absolute atomic E-state index is 12.4. The number of amides is 1. The zero-order valence-corrected chi connectivity index (χ0v) is 16.2. The lowest BCUT2D eigenvalue weighted by molar-refractivity contribution is 0.102. The zero-order valence-electron chi connectivity index (χ0n) is 13.8. The van der Waals surface area contributed by atoms with Gasteiger partial charge < -0.3 is 4.74 Å². The second kappa shape index (κ2) is 7.91. The molecule has 0 bridgehead atoms. The number of anilines is 2. The molecule has 1 heterocycles. The van der Waals surface area contributed by atoms with E-state index < -0.39 is 15.9 Å². The molecule has 1 aromatic heterocycles. The molecular formula is C16H13ClN4O4S2. The molecule has 0 aliphatic heterocycles. The Bertz CT molecular complexity index is 1090. The standard InChI is InChI=1S/C16H13ClN4O4S2/c1-25-11-6-4-5-10(9-11)21-27(23,24)16-20-19-15(26-16)18-14(22)12-7-2-3-8-13(12)17/h2-9,21H,1H3,(H,18,19,22). The molecule has 0 fully saturated rings. The number of nitrogens with zero attached hydrogens (tertiary/aromatic N) is 2. The van der Waals surface area contributed by atoms with Gasteiger partial charge in [0.1, 0.15) is 5.75 Å². The molecule has 8 nitrogen and oxygen atoms in total. The Kier molecular flexibility index (Phi) is 5.59. The molecule has 3 aromatic rings. The van der Waals surface area contributed by atoms with Crippen LogP contribution >= 0.6 is 22.9 Å².